The molecule has 0 aliphatic heterocycles. The number of ether oxygens (including phenoxy) is 1. The van der Waals surface area contributed by atoms with Crippen molar-refractivity contribution in [3.63, 3.8) is 0 Å². The normalized spacial score (nSPS) is 37.1. The second kappa shape index (κ2) is 6.58. The maximum absolute atomic E-state index is 11.1. The van der Waals surface area contributed by atoms with Crippen molar-refractivity contribution in [2.45, 2.75) is 91.3 Å². The lowest BCUT2D eigenvalue weighted by Crippen LogP contribution is -2.53. The molecule has 0 heterocycles. The van der Waals surface area contributed by atoms with Crippen LogP contribution in [0.4, 0.5) is 0 Å². The van der Waals surface area contributed by atoms with Crippen LogP contribution in [-0.2, 0) is 4.74 Å². The lowest BCUT2D eigenvalue weighted by atomic mass is 9.64. The summed E-state index contributed by atoms with van der Waals surface area (Å²) < 4.78 is 6.19. The summed E-state index contributed by atoms with van der Waals surface area (Å²) in [7, 11) is 0. The van der Waals surface area contributed by atoms with Gasteiger partial charge in [0, 0.05) is 6.61 Å². The summed E-state index contributed by atoms with van der Waals surface area (Å²) >= 11 is 0. The fourth-order valence-corrected chi connectivity index (χ4v) is 4.47. The third-order valence-corrected chi connectivity index (χ3v) is 6.51. The molecule has 0 bridgehead atoms. The topological polar surface area (TPSA) is 29.5 Å². The van der Waals surface area contributed by atoms with Crippen LogP contribution in [0, 0.1) is 23.2 Å². The largest absolute Gasteiger partial charge is 0.390 e. The van der Waals surface area contributed by atoms with Gasteiger partial charge in [0.1, 0.15) is 0 Å². The van der Waals surface area contributed by atoms with Crippen LogP contribution < -0.4 is 0 Å². The number of hydrogen-bond donors (Lipinski definition) is 1. The van der Waals surface area contributed by atoms with Gasteiger partial charge in [0.2, 0.25) is 0 Å². The van der Waals surface area contributed by atoms with Crippen molar-refractivity contribution in [1.82, 2.24) is 0 Å². The van der Waals surface area contributed by atoms with Gasteiger partial charge in [-0.15, -0.1) is 0 Å². The predicted molar refractivity (Wildman–Crippen MR) is 88.3 cm³/mol. The molecule has 0 amide bonds. The summed E-state index contributed by atoms with van der Waals surface area (Å²) in [6.07, 6.45) is 7.71. The smallest absolute Gasteiger partial charge is 0.0943 e. The zero-order chi connectivity index (χ0) is 15.7. The van der Waals surface area contributed by atoms with E-state index in [2.05, 4.69) is 34.6 Å². The number of aliphatic hydroxyl groups is 1. The van der Waals surface area contributed by atoms with Crippen molar-refractivity contribution in [3.05, 3.63) is 0 Å². The van der Waals surface area contributed by atoms with Gasteiger partial charge in [-0.05, 0) is 68.6 Å². The fraction of sp³-hybridized carbons (Fsp3) is 1.00. The average molecular weight is 296 g/mol. The number of hydrogen-bond acceptors (Lipinski definition) is 2. The van der Waals surface area contributed by atoms with E-state index in [1.54, 1.807) is 0 Å². The van der Waals surface area contributed by atoms with E-state index in [1.165, 1.54) is 32.1 Å². The van der Waals surface area contributed by atoms with Gasteiger partial charge in [0.05, 0.1) is 11.7 Å². The van der Waals surface area contributed by atoms with E-state index in [0.29, 0.717) is 11.3 Å². The molecule has 2 aliphatic carbocycles. The van der Waals surface area contributed by atoms with Gasteiger partial charge < -0.3 is 9.84 Å². The highest BCUT2D eigenvalue weighted by Gasteiger charge is 2.47. The Morgan fingerprint density at radius 2 is 1.67 bits per heavy atom. The first-order valence-electron chi connectivity index (χ1n) is 9.12. The first-order chi connectivity index (χ1) is 9.80. The molecule has 1 N–H and O–H groups in total. The highest BCUT2D eigenvalue weighted by Crippen LogP contribution is 2.47. The predicted octanol–water partition coefficient (Wildman–Crippen LogP) is 4.80. The molecule has 0 spiro atoms. The molecule has 0 aromatic rings. The van der Waals surface area contributed by atoms with Gasteiger partial charge in [-0.3, -0.25) is 0 Å². The van der Waals surface area contributed by atoms with E-state index in [0.717, 1.165) is 31.3 Å². The van der Waals surface area contributed by atoms with Crippen LogP contribution in [0.15, 0.2) is 0 Å². The quantitative estimate of drug-likeness (QED) is 0.808. The summed E-state index contributed by atoms with van der Waals surface area (Å²) in [5.74, 6) is 1.97. The van der Waals surface area contributed by atoms with E-state index < -0.39 is 0 Å². The van der Waals surface area contributed by atoms with Crippen molar-refractivity contribution in [2.75, 3.05) is 6.61 Å². The molecule has 0 aromatic carbocycles. The van der Waals surface area contributed by atoms with Crippen LogP contribution in [0.2, 0.25) is 0 Å². The molecule has 0 radical (unpaired) electrons. The standard InChI is InChI=1S/C19H36O2/c1-6-21-19(11-9-18(4,5)10-12-19)17(20)16-8-7-14(2)15(3)13-16/h14-17,20H,6-13H2,1-5H3. The van der Waals surface area contributed by atoms with Crippen molar-refractivity contribution in [3.8, 4) is 0 Å². The van der Waals surface area contributed by atoms with Crippen LogP contribution in [-0.4, -0.2) is 23.4 Å². The van der Waals surface area contributed by atoms with Crippen LogP contribution in [0.25, 0.3) is 0 Å². The molecule has 4 atom stereocenters. The minimum Gasteiger partial charge on any atom is -0.390 e. The number of rotatable bonds is 4. The highest BCUT2D eigenvalue weighted by atomic mass is 16.5. The van der Waals surface area contributed by atoms with Crippen LogP contribution in [0.3, 0.4) is 0 Å². The van der Waals surface area contributed by atoms with E-state index in [4.69, 9.17) is 4.74 Å². The molecule has 2 rings (SSSR count). The van der Waals surface area contributed by atoms with Crippen molar-refractivity contribution < 1.29 is 9.84 Å². The molecule has 0 saturated heterocycles. The van der Waals surface area contributed by atoms with Gasteiger partial charge in [-0.1, -0.05) is 34.1 Å². The molecule has 124 valence electrons. The SMILES string of the molecule is CCOC1(C(O)C2CCC(C)C(C)C2)CCC(C)(C)CC1. The van der Waals surface area contributed by atoms with Gasteiger partial charge in [-0.25, -0.2) is 0 Å². The first-order valence-corrected chi connectivity index (χ1v) is 9.12. The Balaban J connectivity index is 2.07. The molecule has 2 saturated carbocycles. The van der Waals surface area contributed by atoms with E-state index >= 15 is 0 Å². The zero-order valence-electron chi connectivity index (χ0n) is 14.8. The maximum atomic E-state index is 11.1. The van der Waals surface area contributed by atoms with E-state index in [1.807, 2.05) is 0 Å². The summed E-state index contributed by atoms with van der Waals surface area (Å²) in [6.45, 7) is 12.2. The summed E-state index contributed by atoms with van der Waals surface area (Å²) in [5.41, 5.74) is 0.143. The van der Waals surface area contributed by atoms with Crippen LogP contribution in [0.1, 0.15) is 79.6 Å². The molecule has 21 heavy (non-hydrogen) atoms. The molecular weight excluding hydrogens is 260 g/mol. The summed E-state index contributed by atoms with van der Waals surface area (Å²) in [6, 6.07) is 0. The van der Waals surface area contributed by atoms with Gasteiger partial charge in [-0.2, -0.15) is 0 Å². The van der Waals surface area contributed by atoms with Crippen LogP contribution >= 0.6 is 0 Å². The Hall–Kier alpha value is -0.0800. The molecule has 2 fully saturated rings. The summed E-state index contributed by atoms with van der Waals surface area (Å²) in [5, 5.41) is 11.1. The van der Waals surface area contributed by atoms with Crippen molar-refractivity contribution in [1.29, 1.82) is 0 Å². The minimum atomic E-state index is -0.275. The van der Waals surface area contributed by atoms with E-state index in [9.17, 15) is 5.11 Å². The lowest BCUT2D eigenvalue weighted by Gasteiger charge is -2.49. The van der Waals surface area contributed by atoms with Crippen molar-refractivity contribution in [2.24, 2.45) is 23.2 Å². The van der Waals surface area contributed by atoms with Crippen molar-refractivity contribution >= 4 is 0 Å². The molecular formula is C19H36O2. The third kappa shape index (κ3) is 3.82. The number of aliphatic hydroxyl groups excluding tert-OH is 1. The third-order valence-electron chi connectivity index (χ3n) is 6.51. The minimum absolute atomic E-state index is 0.269. The van der Waals surface area contributed by atoms with Gasteiger partial charge in [0.15, 0.2) is 0 Å². The average Bonchev–Trinajstić information content (AvgIpc) is 2.44. The van der Waals surface area contributed by atoms with E-state index in [-0.39, 0.29) is 11.7 Å². The first kappa shape index (κ1) is 17.3. The second-order valence-electron chi connectivity index (χ2n) is 8.63. The Morgan fingerprint density at radius 1 is 1.05 bits per heavy atom. The maximum Gasteiger partial charge on any atom is 0.0943 e. The molecule has 2 nitrogen and oxygen atoms in total. The van der Waals surface area contributed by atoms with Gasteiger partial charge >= 0.3 is 0 Å². The fourth-order valence-electron chi connectivity index (χ4n) is 4.47. The monoisotopic (exact) mass is 296 g/mol. The molecule has 2 aliphatic rings. The Labute approximate surface area is 131 Å². The van der Waals surface area contributed by atoms with Crippen LogP contribution in [0.5, 0.6) is 0 Å². The molecule has 0 aromatic heterocycles. The molecule has 2 heteroatoms. The summed E-state index contributed by atoms with van der Waals surface area (Å²) in [4.78, 5) is 0. The Kier molecular flexibility index (Phi) is 5.41. The molecule has 4 unspecified atom stereocenters. The van der Waals surface area contributed by atoms with Gasteiger partial charge in [0.25, 0.3) is 0 Å². The zero-order valence-corrected chi connectivity index (χ0v) is 14.8. The Bertz CT molecular complexity index is 326. The highest BCUT2D eigenvalue weighted by molar-refractivity contribution is 4.99. The second-order valence-corrected chi connectivity index (χ2v) is 8.63. The lowest BCUT2D eigenvalue weighted by molar-refractivity contribution is -0.173. The Morgan fingerprint density at radius 3 is 2.19 bits per heavy atom.